The largest absolute Gasteiger partial charge is 0.381 e. The molecule has 0 saturated carbocycles. The van der Waals surface area contributed by atoms with Crippen molar-refractivity contribution in [3.05, 3.63) is 94.6 Å². The van der Waals surface area contributed by atoms with Gasteiger partial charge in [0.15, 0.2) is 5.82 Å². The number of carbonyl (C=O) groups excluding carboxylic acids is 3. The number of pyridine rings is 1. The van der Waals surface area contributed by atoms with Crippen molar-refractivity contribution in [3.63, 3.8) is 0 Å². The van der Waals surface area contributed by atoms with Gasteiger partial charge in [0, 0.05) is 112 Å². The van der Waals surface area contributed by atoms with Crippen molar-refractivity contribution in [3.8, 4) is 11.1 Å². The Morgan fingerprint density at radius 3 is 2.45 bits per heavy atom. The normalized spacial score (nSPS) is 18.9. The van der Waals surface area contributed by atoms with Crippen LogP contribution in [0.25, 0.3) is 16.8 Å². The first-order valence-electron chi connectivity index (χ1n) is 19.6. The molecular weight excluding hydrogens is 719 g/mol. The molecule has 0 N–H and O–H groups in total. The number of aryl methyl sites for hydroxylation is 1. The third kappa shape index (κ3) is 5.67. The van der Waals surface area contributed by atoms with Crippen LogP contribution in [0.2, 0.25) is 0 Å². The highest BCUT2D eigenvalue weighted by Gasteiger charge is 2.40. The van der Waals surface area contributed by atoms with Gasteiger partial charge in [-0.05, 0) is 67.1 Å². The van der Waals surface area contributed by atoms with E-state index >= 15 is 8.78 Å². The number of halogens is 2. The Labute approximate surface area is 322 Å². The van der Waals surface area contributed by atoms with Crippen molar-refractivity contribution >= 4 is 40.6 Å². The number of ether oxygens (including phenoxy) is 1. The zero-order chi connectivity index (χ0) is 38.2. The Morgan fingerprint density at radius 2 is 1.71 bits per heavy atom. The molecule has 56 heavy (non-hydrogen) atoms. The fourth-order valence-corrected chi connectivity index (χ4v) is 9.39. The number of benzene rings is 2. The number of rotatable bonds is 7. The van der Waals surface area contributed by atoms with Crippen molar-refractivity contribution in [1.82, 2.24) is 29.0 Å². The van der Waals surface area contributed by atoms with E-state index in [4.69, 9.17) is 9.84 Å². The SMILES string of the molecule is CC(=O)N1CCc2c(c(N3CCCc4cc(-c5cc6nccn6cc5N5CC(CN6C(=O)c7ccccc7C6=O)C5)c(C(F)F)cc43)nn2C2CCOCC2)C1. The van der Waals surface area contributed by atoms with Crippen molar-refractivity contribution in [1.29, 1.82) is 0 Å². The molecule has 3 amide bonds. The number of anilines is 3. The maximum absolute atomic E-state index is 15.4. The van der Waals surface area contributed by atoms with E-state index in [2.05, 4.69) is 19.5 Å². The summed E-state index contributed by atoms with van der Waals surface area (Å²) in [5.74, 6) is 0.227. The van der Waals surface area contributed by atoms with Gasteiger partial charge in [-0.3, -0.25) is 24.0 Å². The molecule has 0 spiro atoms. The molecule has 5 aliphatic rings. The maximum Gasteiger partial charge on any atom is 0.264 e. The third-order valence-electron chi connectivity index (χ3n) is 12.3. The second kappa shape index (κ2) is 13.5. The predicted molar refractivity (Wildman–Crippen MR) is 205 cm³/mol. The number of nitrogens with zero attached hydrogens (tertiary/aromatic N) is 8. The highest BCUT2D eigenvalue weighted by molar-refractivity contribution is 6.21. The molecule has 0 aliphatic carbocycles. The number of alkyl halides is 2. The molecule has 5 aromatic rings. The number of hydrogen-bond acceptors (Lipinski definition) is 8. The third-order valence-corrected chi connectivity index (χ3v) is 12.3. The second-order valence-corrected chi connectivity index (χ2v) is 15.7. The van der Waals surface area contributed by atoms with Crippen LogP contribution in [-0.2, 0) is 28.9 Å². The zero-order valence-electron chi connectivity index (χ0n) is 31.2. The van der Waals surface area contributed by atoms with Crippen LogP contribution in [0.1, 0.15) is 81.8 Å². The van der Waals surface area contributed by atoms with Gasteiger partial charge in [-0.2, -0.15) is 5.10 Å². The highest BCUT2D eigenvalue weighted by Crippen LogP contribution is 2.46. The number of amides is 3. The van der Waals surface area contributed by atoms with Gasteiger partial charge in [0.2, 0.25) is 5.91 Å². The molecule has 0 bridgehead atoms. The van der Waals surface area contributed by atoms with Crippen molar-refractivity contribution in [2.24, 2.45) is 5.92 Å². The first-order valence-corrected chi connectivity index (χ1v) is 19.6. The lowest BCUT2D eigenvalue weighted by Gasteiger charge is -2.43. The van der Waals surface area contributed by atoms with Crippen molar-refractivity contribution in [2.45, 2.75) is 58.0 Å². The lowest BCUT2D eigenvalue weighted by Crippen LogP contribution is -2.52. The Hall–Kier alpha value is -5.63. The number of hydrogen-bond donors (Lipinski definition) is 0. The van der Waals surface area contributed by atoms with Gasteiger partial charge in [-0.1, -0.05) is 12.1 Å². The minimum absolute atomic E-state index is 0.00598. The number of aromatic nitrogens is 4. The molecule has 0 unspecified atom stereocenters. The summed E-state index contributed by atoms with van der Waals surface area (Å²) in [6, 6.07) is 12.5. The fourth-order valence-electron chi connectivity index (χ4n) is 9.39. The molecule has 3 aromatic heterocycles. The average molecular weight is 761 g/mol. The Bertz CT molecular complexity index is 2380. The zero-order valence-corrected chi connectivity index (χ0v) is 31.2. The number of imide groups is 1. The summed E-state index contributed by atoms with van der Waals surface area (Å²) >= 11 is 0. The first kappa shape index (κ1) is 34.8. The van der Waals surface area contributed by atoms with Crippen LogP contribution >= 0.6 is 0 Å². The molecular formula is C42H42F2N8O4. The van der Waals surface area contributed by atoms with E-state index in [-0.39, 0.29) is 35.2 Å². The molecule has 12 nitrogen and oxygen atoms in total. The maximum atomic E-state index is 15.4. The molecule has 0 atom stereocenters. The van der Waals surface area contributed by atoms with Gasteiger partial charge in [0.05, 0.1) is 29.4 Å². The van der Waals surface area contributed by atoms with Gasteiger partial charge in [-0.15, -0.1) is 0 Å². The topological polar surface area (TPSA) is 109 Å². The Balaban J connectivity index is 1.00. The summed E-state index contributed by atoms with van der Waals surface area (Å²) in [5.41, 5.74) is 7.15. The van der Waals surface area contributed by atoms with E-state index in [0.29, 0.717) is 86.8 Å². The minimum Gasteiger partial charge on any atom is -0.381 e. The molecule has 14 heteroatoms. The van der Waals surface area contributed by atoms with Gasteiger partial charge in [0.1, 0.15) is 5.65 Å². The van der Waals surface area contributed by atoms with Gasteiger partial charge in [0.25, 0.3) is 18.2 Å². The highest BCUT2D eigenvalue weighted by atomic mass is 19.3. The van der Waals surface area contributed by atoms with Crippen LogP contribution in [-0.4, -0.2) is 92.6 Å². The van der Waals surface area contributed by atoms with Crippen LogP contribution in [0.5, 0.6) is 0 Å². The summed E-state index contributed by atoms with van der Waals surface area (Å²) in [6.45, 7) is 6.01. The van der Waals surface area contributed by atoms with E-state index in [1.807, 2.05) is 33.8 Å². The van der Waals surface area contributed by atoms with Crippen molar-refractivity contribution < 1.29 is 27.9 Å². The van der Waals surface area contributed by atoms with Gasteiger partial charge in [-0.25, -0.2) is 13.8 Å². The Kier molecular flexibility index (Phi) is 8.42. The molecule has 8 heterocycles. The summed E-state index contributed by atoms with van der Waals surface area (Å²) in [6.07, 6.45) is 6.63. The Morgan fingerprint density at radius 1 is 0.946 bits per heavy atom. The van der Waals surface area contributed by atoms with Crippen LogP contribution in [0, 0.1) is 5.92 Å². The molecule has 2 aromatic carbocycles. The van der Waals surface area contributed by atoms with E-state index in [9.17, 15) is 14.4 Å². The first-order chi connectivity index (χ1) is 27.2. The second-order valence-electron chi connectivity index (χ2n) is 15.7. The van der Waals surface area contributed by atoms with Crippen LogP contribution in [0.3, 0.4) is 0 Å². The standard InChI is InChI=1S/C42H42F2N8O4/c1-25(53)47-13-8-35-34(23-47)40(46-52(35)28-9-15-56-16-10-28)50-12-4-5-27-17-31(33(39(43)44)18-36(27)50)32-19-38-45-11-14-48(38)24-37(32)49-20-26(21-49)22-51-41(54)29-6-2-3-7-30(29)42(51)55/h2-3,6-7,11,14,17-19,24,26,28,39H,4-5,8-10,12-13,15-16,20-23H2,1H3. The molecule has 10 rings (SSSR count). The quantitative estimate of drug-likeness (QED) is 0.181. The van der Waals surface area contributed by atoms with Gasteiger partial charge >= 0.3 is 0 Å². The summed E-state index contributed by atoms with van der Waals surface area (Å²) in [7, 11) is 0. The number of fused-ring (bicyclic) bond motifs is 4. The van der Waals surface area contributed by atoms with Crippen LogP contribution in [0.15, 0.2) is 61.1 Å². The van der Waals surface area contributed by atoms with Crippen molar-refractivity contribution in [2.75, 3.05) is 55.7 Å². The van der Waals surface area contributed by atoms with E-state index < -0.39 is 6.43 Å². The lowest BCUT2D eigenvalue weighted by atomic mass is 9.90. The number of imidazole rings is 1. The summed E-state index contributed by atoms with van der Waals surface area (Å²) in [5, 5.41) is 5.23. The molecule has 288 valence electrons. The molecule has 5 aliphatic heterocycles. The molecule has 0 radical (unpaired) electrons. The van der Waals surface area contributed by atoms with E-state index in [1.54, 1.807) is 43.5 Å². The molecule has 2 fully saturated rings. The van der Waals surface area contributed by atoms with Crippen LogP contribution in [0.4, 0.5) is 26.0 Å². The van der Waals surface area contributed by atoms with E-state index in [1.165, 1.54) is 4.90 Å². The smallest absolute Gasteiger partial charge is 0.264 e. The average Bonchev–Trinajstić information content (AvgIpc) is 3.89. The monoisotopic (exact) mass is 760 g/mol. The summed E-state index contributed by atoms with van der Waals surface area (Å²) < 4.78 is 40.6. The molecule has 2 saturated heterocycles. The van der Waals surface area contributed by atoms with Crippen LogP contribution < -0.4 is 9.80 Å². The van der Waals surface area contributed by atoms with E-state index in [0.717, 1.165) is 59.7 Å². The fraction of sp³-hybridized carbons (Fsp3) is 0.405. The summed E-state index contributed by atoms with van der Waals surface area (Å²) in [4.78, 5) is 50.7. The lowest BCUT2D eigenvalue weighted by molar-refractivity contribution is -0.129. The minimum atomic E-state index is -2.76. The van der Waals surface area contributed by atoms with Gasteiger partial charge < -0.3 is 23.8 Å². The number of carbonyl (C=O) groups is 3. The predicted octanol–water partition coefficient (Wildman–Crippen LogP) is 6.21.